The van der Waals surface area contributed by atoms with Crippen molar-refractivity contribution in [3.63, 3.8) is 0 Å². The third-order valence-electron chi connectivity index (χ3n) is 4.97. The monoisotopic (exact) mass is 394 g/mol. The lowest BCUT2D eigenvalue weighted by Gasteiger charge is -2.34. The van der Waals surface area contributed by atoms with Crippen LogP contribution in [-0.2, 0) is 4.74 Å². The molecule has 1 aromatic carbocycles. The molecular weight excluding hydrogens is 364 g/mol. The van der Waals surface area contributed by atoms with E-state index in [9.17, 15) is 4.79 Å². The van der Waals surface area contributed by atoms with Crippen molar-refractivity contribution in [2.75, 3.05) is 58.3 Å². The van der Waals surface area contributed by atoms with Gasteiger partial charge in [0.05, 0.1) is 5.56 Å². The average Bonchev–Trinajstić information content (AvgIpc) is 2.78. The Labute approximate surface area is 173 Å². The number of benzene rings is 1. The summed E-state index contributed by atoms with van der Waals surface area (Å²) >= 11 is 0. The summed E-state index contributed by atoms with van der Waals surface area (Å²) in [5.74, 6) is 0.843. The number of hydrogen-bond donors (Lipinski definition) is 1. The van der Waals surface area contributed by atoms with Crippen LogP contribution >= 0.6 is 0 Å². The first-order chi connectivity index (χ1) is 14.3. The standard InChI is InChI=1S/C23H30N4O2/c1-29-18-6-12-24-22-11-10-21(19-25-22)23(28)27-16-14-26(15-17-27)13-5-9-20-7-3-2-4-8-20/h2-5,7-11,19H,6,12-18H2,1H3,(H,24,25)/b9-5+. The van der Waals surface area contributed by atoms with Gasteiger partial charge in [0.15, 0.2) is 0 Å². The minimum atomic E-state index is 0.0583. The fourth-order valence-electron chi connectivity index (χ4n) is 3.28. The SMILES string of the molecule is COCCCNc1ccc(C(=O)N2CCN(C/C=C/c3ccccc3)CC2)cn1. The number of nitrogens with zero attached hydrogens (tertiary/aromatic N) is 3. The average molecular weight is 395 g/mol. The van der Waals surface area contributed by atoms with Gasteiger partial charge in [-0.3, -0.25) is 9.69 Å². The molecule has 1 aliphatic rings. The molecule has 1 fully saturated rings. The highest BCUT2D eigenvalue weighted by Gasteiger charge is 2.21. The summed E-state index contributed by atoms with van der Waals surface area (Å²) < 4.78 is 5.03. The van der Waals surface area contributed by atoms with Gasteiger partial charge in [0.2, 0.25) is 0 Å². The van der Waals surface area contributed by atoms with Gasteiger partial charge in [-0.1, -0.05) is 42.5 Å². The third kappa shape index (κ3) is 6.69. The van der Waals surface area contributed by atoms with Gasteiger partial charge < -0.3 is 15.0 Å². The van der Waals surface area contributed by atoms with Crippen molar-refractivity contribution < 1.29 is 9.53 Å². The van der Waals surface area contributed by atoms with Crippen molar-refractivity contribution >= 4 is 17.8 Å². The number of pyridine rings is 1. The maximum atomic E-state index is 12.7. The highest BCUT2D eigenvalue weighted by Crippen LogP contribution is 2.11. The Bertz CT molecular complexity index is 769. The fraction of sp³-hybridized carbons (Fsp3) is 0.391. The minimum Gasteiger partial charge on any atom is -0.385 e. The largest absolute Gasteiger partial charge is 0.385 e. The molecule has 0 atom stereocenters. The summed E-state index contributed by atoms with van der Waals surface area (Å²) in [5.41, 5.74) is 1.86. The van der Waals surface area contributed by atoms with Crippen LogP contribution in [0.2, 0.25) is 0 Å². The molecule has 0 bridgehead atoms. The Balaban J connectivity index is 1.42. The molecule has 6 nitrogen and oxygen atoms in total. The van der Waals surface area contributed by atoms with E-state index in [-0.39, 0.29) is 5.91 Å². The number of nitrogens with one attached hydrogen (secondary N) is 1. The van der Waals surface area contributed by atoms with E-state index >= 15 is 0 Å². The smallest absolute Gasteiger partial charge is 0.255 e. The molecule has 154 valence electrons. The van der Waals surface area contributed by atoms with Gasteiger partial charge in [-0.05, 0) is 24.1 Å². The zero-order valence-corrected chi connectivity index (χ0v) is 17.1. The summed E-state index contributed by atoms with van der Waals surface area (Å²) in [6, 6.07) is 14.0. The van der Waals surface area contributed by atoms with E-state index < -0.39 is 0 Å². The number of hydrogen-bond acceptors (Lipinski definition) is 5. The van der Waals surface area contributed by atoms with Crippen LogP contribution < -0.4 is 5.32 Å². The zero-order valence-electron chi connectivity index (χ0n) is 17.1. The Morgan fingerprint density at radius 1 is 1.14 bits per heavy atom. The van der Waals surface area contributed by atoms with E-state index in [1.165, 1.54) is 5.56 Å². The topological polar surface area (TPSA) is 57.7 Å². The summed E-state index contributed by atoms with van der Waals surface area (Å²) in [6.45, 7) is 5.69. The predicted octanol–water partition coefficient (Wildman–Crippen LogP) is 3.00. The van der Waals surface area contributed by atoms with E-state index in [2.05, 4.69) is 39.5 Å². The Morgan fingerprint density at radius 3 is 2.62 bits per heavy atom. The number of piperazine rings is 1. The van der Waals surface area contributed by atoms with Crippen LogP contribution in [0, 0.1) is 0 Å². The van der Waals surface area contributed by atoms with E-state index in [0.717, 1.165) is 58.1 Å². The molecule has 1 N–H and O–H groups in total. The van der Waals surface area contributed by atoms with Crippen molar-refractivity contribution in [3.8, 4) is 0 Å². The van der Waals surface area contributed by atoms with E-state index in [0.29, 0.717) is 5.56 Å². The van der Waals surface area contributed by atoms with E-state index in [1.807, 2.05) is 35.2 Å². The second kappa shape index (κ2) is 11.3. The number of carbonyl (C=O) groups is 1. The highest BCUT2D eigenvalue weighted by molar-refractivity contribution is 5.94. The second-order valence-corrected chi connectivity index (χ2v) is 7.11. The molecule has 0 spiro atoms. The van der Waals surface area contributed by atoms with Crippen molar-refractivity contribution in [2.45, 2.75) is 6.42 Å². The van der Waals surface area contributed by atoms with Crippen LogP contribution in [0.4, 0.5) is 5.82 Å². The van der Waals surface area contributed by atoms with Crippen LogP contribution in [-0.4, -0.2) is 73.7 Å². The van der Waals surface area contributed by atoms with Crippen LogP contribution in [0.25, 0.3) is 6.08 Å². The summed E-state index contributed by atoms with van der Waals surface area (Å²) in [6.07, 6.45) is 6.92. The quantitative estimate of drug-likeness (QED) is 0.663. The van der Waals surface area contributed by atoms with Gasteiger partial charge in [0, 0.05) is 59.2 Å². The van der Waals surface area contributed by atoms with Gasteiger partial charge in [-0.25, -0.2) is 4.98 Å². The Kier molecular flexibility index (Phi) is 8.22. The first kappa shape index (κ1) is 21.0. The molecule has 0 unspecified atom stereocenters. The normalized spacial score (nSPS) is 15.0. The number of carbonyl (C=O) groups excluding carboxylic acids is 1. The Morgan fingerprint density at radius 2 is 1.93 bits per heavy atom. The predicted molar refractivity (Wildman–Crippen MR) is 117 cm³/mol. The number of ether oxygens (including phenoxy) is 1. The van der Waals surface area contributed by atoms with Crippen LogP contribution in [0.1, 0.15) is 22.3 Å². The molecule has 1 amide bonds. The van der Waals surface area contributed by atoms with Crippen molar-refractivity contribution in [3.05, 3.63) is 65.9 Å². The molecular formula is C23H30N4O2. The molecule has 0 radical (unpaired) electrons. The maximum Gasteiger partial charge on any atom is 0.255 e. The number of methoxy groups -OCH3 is 1. The van der Waals surface area contributed by atoms with Gasteiger partial charge in [-0.15, -0.1) is 0 Å². The molecule has 2 heterocycles. The lowest BCUT2D eigenvalue weighted by atomic mass is 10.2. The number of aromatic nitrogens is 1. The van der Waals surface area contributed by atoms with Crippen LogP contribution in [0.15, 0.2) is 54.7 Å². The first-order valence-corrected chi connectivity index (χ1v) is 10.2. The third-order valence-corrected chi connectivity index (χ3v) is 4.97. The van der Waals surface area contributed by atoms with Crippen molar-refractivity contribution in [2.24, 2.45) is 0 Å². The summed E-state index contributed by atoms with van der Waals surface area (Å²) in [7, 11) is 1.69. The number of rotatable bonds is 9. The molecule has 6 heteroatoms. The number of anilines is 1. The van der Waals surface area contributed by atoms with E-state index in [1.54, 1.807) is 13.3 Å². The lowest BCUT2D eigenvalue weighted by molar-refractivity contribution is 0.0650. The molecule has 1 saturated heterocycles. The van der Waals surface area contributed by atoms with Crippen molar-refractivity contribution in [1.29, 1.82) is 0 Å². The van der Waals surface area contributed by atoms with Gasteiger partial charge in [0.25, 0.3) is 5.91 Å². The molecule has 2 aromatic rings. The summed E-state index contributed by atoms with van der Waals surface area (Å²) in [4.78, 5) is 21.4. The highest BCUT2D eigenvalue weighted by atomic mass is 16.5. The van der Waals surface area contributed by atoms with Crippen LogP contribution in [0.5, 0.6) is 0 Å². The second-order valence-electron chi connectivity index (χ2n) is 7.11. The summed E-state index contributed by atoms with van der Waals surface area (Å²) in [5, 5.41) is 3.23. The fourth-order valence-corrected chi connectivity index (χ4v) is 3.28. The lowest BCUT2D eigenvalue weighted by Crippen LogP contribution is -2.48. The number of amides is 1. The molecule has 0 aliphatic carbocycles. The van der Waals surface area contributed by atoms with Gasteiger partial charge >= 0.3 is 0 Å². The van der Waals surface area contributed by atoms with Crippen LogP contribution in [0.3, 0.4) is 0 Å². The molecule has 0 saturated carbocycles. The zero-order chi connectivity index (χ0) is 20.3. The first-order valence-electron chi connectivity index (χ1n) is 10.2. The minimum absolute atomic E-state index is 0.0583. The molecule has 3 rings (SSSR count). The van der Waals surface area contributed by atoms with E-state index in [4.69, 9.17) is 4.74 Å². The molecule has 1 aromatic heterocycles. The maximum absolute atomic E-state index is 12.7. The van der Waals surface area contributed by atoms with Crippen molar-refractivity contribution in [1.82, 2.24) is 14.8 Å². The Hall–Kier alpha value is -2.70. The van der Waals surface area contributed by atoms with Gasteiger partial charge in [-0.2, -0.15) is 0 Å². The molecule has 1 aliphatic heterocycles. The van der Waals surface area contributed by atoms with Gasteiger partial charge in [0.1, 0.15) is 5.82 Å². The molecule has 29 heavy (non-hydrogen) atoms.